The van der Waals surface area contributed by atoms with Crippen LogP contribution in [-0.2, 0) is 4.79 Å². The summed E-state index contributed by atoms with van der Waals surface area (Å²) in [6.45, 7) is 5.73. The van der Waals surface area contributed by atoms with E-state index >= 15 is 0 Å². The largest absolute Gasteiger partial charge is 0.341 e. The van der Waals surface area contributed by atoms with E-state index in [1.54, 1.807) is 0 Å². The van der Waals surface area contributed by atoms with Crippen molar-refractivity contribution in [1.82, 2.24) is 35.5 Å². The van der Waals surface area contributed by atoms with E-state index in [1.807, 2.05) is 19.4 Å². The molecule has 0 bridgehead atoms. The molecule has 4 N–H and O–H groups in total. The summed E-state index contributed by atoms with van der Waals surface area (Å²) in [6.07, 6.45) is 7.94. The van der Waals surface area contributed by atoms with Gasteiger partial charge >= 0.3 is 0 Å². The Morgan fingerprint density at radius 1 is 0.917 bits per heavy atom. The number of carbonyl (C=O) groups excluding carboxylic acids is 1. The van der Waals surface area contributed by atoms with Crippen LogP contribution >= 0.6 is 0 Å². The molecule has 2 aromatic heterocycles. The number of nitriles is 1. The highest BCUT2D eigenvalue weighted by Gasteiger charge is 2.55. The number of carbonyl (C=O) groups is 1. The van der Waals surface area contributed by atoms with E-state index < -0.39 is 0 Å². The first-order valence-electron chi connectivity index (χ1n) is 17.2. The number of nitrogens with one attached hydrogen (secondary N) is 4. The molecule has 1 saturated carbocycles. The smallest absolute Gasteiger partial charge is 0.240 e. The van der Waals surface area contributed by atoms with Gasteiger partial charge in [0.1, 0.15) is 11.6 Å². The molecule has 4 atom stereocenters. The molecule has 2 aliphatic heterocycles. The van der Waals surface area contributed by atoms with Crippen molar-refractivity contribution in [1.29, 1.82) is 5.26 Å². The lowest BCUT2D eigenvalue weighted by Crippen LogP contribution is -2.48. The van der Waals surface area contributed by atoms with Crippen molar-refractivity contribution < 1.29 is 4.79 Å². The number of benzene rings is 3. The molecule has 9 nitrogen and oxygen atoms in total. The zero-order valence-electron chi connectivity index (χ0n) is 27.8. The highest BCUT2D eigenvalue weighted by atomic mass is 16.2. The molecular formula is C39H42N8O. The van der Waals surface area contributed by atoms with Crippen LogP contribution in [0.2, 0.25) is 0 Å². The van der Waals surface area contributed by atoms with Crippen LogP contribution in [0, 0.1) is 28.6 Å². The summed E-state index contributed by atoms with van der Waals surface area (Å²) in [5.41, 5.74) is 6.69. The van der Waals surface area contributed by atoms with Gasteiger partial charge in [-0.2, -0.15) is 5.26 Å². The Morgan fingerprint density at radius 3 is 2.21 bits per heavy atom. The predicted octanol–water partition coefficient (Wildman–Crippen LogP) is 6.76. The van der Waals surface area contributed by atoms with Crippen LogP contribution in [0.15, 0.2) is 73.1 Å². The summed E-state index contributed by atoms with van der Waals surface area (Å²) in [5, 5.41) is 18.2. The molecule has 5 aromatic rings. The second-order valence-corrected chi connectivity index (χ2v) is 14.4. The van der Waals surface area contributed by atoms with E-state index in [2.05, 4.69) is 111 Å². The van der Waals surface area contributed by atoms with Crippen molar-refractivity contribution >= 4 is 16.7 Å². The van der Waals surface area contributed by atoms with Crippen LogP contribution in [-0.4, -0.2) is 56.9 Å². The van der Waals surface area contributed by atoms with Gasteiger partial charge in [-0.25, -0.2) is 9.97 Å². The number of fused-ring (bicyclic) bond motifs is 1. The Bertz CT molecular complexity index is 2010. The number of amides is 1. The van der Waals surface area contributed by atoms with E-state index in [4.69, 9.17) is 4.98 Å². The van der Waals surface area contributed by atoms with E-state index in [-0.39, 0.29) is 41.3 Å². The van der Waals surface area contributed by atoms with E-state index in [0.717, 1.165) is 70.1 Å². The Kier molecular flexibility index (Phi) is 7.66. The van der Waals surface area contributed by atoms with Gasteiger partial charge < -0.3 is 25.5 Å². The summed E-state index contributed by atoms with van der Waals surface area (Å²) < 4.78 is 0. The van der Waals surface area contributed by atoms with Crippen molar-refractivity contribution in [2.75, 3.05) is 20.1 Å². The summed E-state index contributed by atoms with van der Waals surface area (Å²) in [6, 6.07) is 23.9. The maximum Gasteiger partial charge on any atom is 0.240 e. The summed E-state index contributed by atoms with van der Waals surface area (Å²) in [4.78, 5) is 32.2. The summed E-state index contributed by atoms with van der Waals surface area (Å²) >= 11 is 0. The molecule has 48 heavy (non-hydrogen) atoms. The monoisotopic (exact) mass is 638 g/mol. The van der Waals surface area contributed by atoms with Crippen molar-refractivity contribution in [2.45, 2.75) is 57.7 Å². The molecule has 1 spiro atoms. The number of likely N-dealkylation sites (tertiary alicyclic amines) is 1. The van der Waals surface area contributed by atoms with Crippen molar-refractivity contribution in [2.24, 2.45) is 17.3 Å². The average molecular weight is 639 g/mol. The van der Waals surface area contributed by atoms with Gasteiger partial charge in [0.15, 0.2) is 0 Å². The SMILES string of the molecule is CNC(C(=O)N1CC2(CC2)CC1c1ncc(-c2ccc3cc(-c4ccc(-c5cnc(C6CC(C#N)CN6)[nH]5)cc4)ccc3c2)[nH]1)C(C)C. The lowest BCUT2D eigenvalue weighted by Gasteiger charge is -2.29. The Balaban J connectivity index is 0.985. The van der Waals surface area contributed by atoms with Crippen molar-refractivity contribution in [3.8, 4) is 39.7 Å². The Labute approximate surface area is 281 Å². The van der Waals surface area contributed by atoms with Gasteiger partial charge in [0, 0.05) is 18.7 Å². The predicted molar refractivity (Wildman–Crippen MR) is 187 cm³/mol. The number of H-pyrrole nitrogens is 2. The Hall–Kier alpha value is -4.78. The third-order valence-electron chi connectivity index (χ3n) is 10.8. The lowest BCUT2D eigenvalue weighted by atomic mass is 9.98. The van der Waals surface area contributed by atoms with Crippen LogP contribution in [0.5, 0.6) is 0 Å². The highest BCUT2D eigenvalue weighted by Crippen LogP contribution is 2.58. The molecule has 0 radical (unpaired) electrons. The van der Waals surface area contributed by atoms with E-state index in [0.29, 0.717) is 6.54 Å². The molecule has 2 saturated heterocycles. The zero-order chi connectivity index (χ0) is 33.0. The van der Waals surface area contributed by atoms with Gasteiger partial charge in [-0.1, -0.05) is 62.4 Å². The number of hydrogen-bond donors (Lipinski definition) is 4. The van der Waals surface area contributed by atoms with Gasteiger partial charge in [-0.15, -0.1) is 0 Å². The van der Waals surface area contributed by atoms with Crippen molar-refractivity contribution in [3.63, 3.8) is 0 Å². The number of nitrogens with zero attached hydrogens (tertiary/aromatic N) is 4. The molecule has 4 unspecified atom stereocenters. The molecule has 1 amide bonds. The maximum atomic E-state index is 13.6. The molecule has 244 valence electrons. The average Bonchev–Trinajstić information content (AvgIpc) is 3.63. The summed E-state index contributed by atoms with van der Waals surface area (Å²) in [7, 11) is 1.88. The molecule has 3 aromatic carbocycles. The zero-order valence-corrected chi connectivity index (χ0v) is 27.8. The van der Waals surface area contributed by atoms with Gasteiger partial charge in [-0.3, -0.25) is 4.79 Å². The minimum absolute atomic E-state index is 0.0189. The molecule has 9 heteroatoms. The fraction of sp³-hybridized carbons (Fsp3) is 0.385. The minimum Gasteiger partial charge on any atom is -0.341 e. The topological polar surface area (TPSA) is 126 Å². The number of imidazole rings is 2. The third-order valence-corrected chi connectivity index (χ3v) is 10.8. The van der Waals surface area contributed by atoms with Gasteiger partial charge in [0.05, 0.1) is 53.9 Å². The molecule has 3 aliphatic rings. The fourth-order valence-corrected chi connectivity index (χ4v) is 7.78. The number of rotatable bonds is 8. The molecular weight excluding hydrogens is 596 g/mol. The van der Waals surface area contributed by atoms with Crippen LogP contribution in [0.25, 0.3) is 44.4 Å². The second-order valence-electron chi connectivity index (χ2n) is 14.4. The van der Waals surface area contributed by atoms with Crippen molar-refractivity contribution in [3.05, 3.63) is 84.7 Å². The number of likely N-dealkylation sites (N-methyl/N-ethyl adjacent to an activating group) is 1. The minimum atomic E-state index is -0.192. The number of aromatic nitrogens is 4. The van der Waals surface area contributed by atoms with E-state index in [1.165, 1.54) is 18.2 Å². The molecule has 8 rings (SSSR count). The normalized spacial score (nSPS) is 22.1. The highest BCUT2D eigenvalue weighted by molar-refractivity contribution is 5.90. The first-order valence-corrected chi connectivity index (χ1v) is 17.2. The number of aromatic amines is 2. The Morgan fingerprint density at radius 2 is 1.54 bits per heavy atom. The van der Waals surface area contributed by atoms with Gasteiger partial charge in [0.25, 0.3) is 0 Å². The standard InChI is InChI=1S/C39H42N8O/c1-23(2)35(41-3)38(48)47-22-39(12-13-39)17-34(47)37-44-21-33(46-37)30-11-10-28-15-27(8-9-29(28)16-30)25-4-6-26(7-5-25)32-20-43-36(45-32)31-14-24(18-40)19-42-31/h4-11,15-16,20-21,23-24,31,34-35,41-42H,12-14,17,19,22H2,1-3H3,(H,43,45)(H,44,46). The summed E-state index contributed by atoms with van der Waals surface area (Å²) in [5.74, 6) is 2.21. The van der Waals surface area contributed by atoms with Crippen LogP contribution in [0.3, 0.4) is 0 Å². The molecule has 3 fully saturated rings. The third kappa shape index (κ3) is 5.59. The van der Waals surface area contributed by atoms with Crippen LogP contribution in [0.4, 0.5) is 0 Å². The lowest BCUT2D eigenvalue weighted by molar-refractivity contribution is -0.135. The first kappa shape index (κ1) is 30.5. The first-order chi connectivity index (χ1) is 23.3. The van der Waals surface area contributed by atoms with Crippen LogP contribution < -0.4 is 10.6 Å². The quantitative estimate of drug-likeness (QED) is 0.149. The van der Waals surface area contributed by atoms with Gasteiger partial charge in [-0.05, 0) is 83.7 Å². The fourth-order valence-electron chi connectivity index (χ4n) is 7.78. The maximum absolute atomic E-state index is 13.6. The van der Waals surface area contributed by atoms with Crippen LogP contribution in [0.1, 0.15) is 63.3 Å². The van der Waals surface area contributed by atoms with Gasteiger partial charge in [0.2, 0.25) is 5.91 Å². The second kappa shape index (κ2) is 12.0. The molecule has 1 aliphatic carbocycles. The molecule has 4 heterocycles. The number of hydrogen-bond acceptors (Lipinski definition) is 6. The van der Waals surface area contributed by atoms with E-state index in [9.17, 15) is 10.1 Å².